The molecule has 1 saturated heterocycles. The number of ether oxygens (including phenoxy) is 1. The van der Waals surface area contributed by atoms with Crippen LogP contribution >= 0.6 is 15.6 Å². The highest BCUT2D eigenvalue weighted by Crippen LogP contribution is 2.57. The van der Waals surface area contributed by atoms with Crippen LogP contribution in [0.15, 0.2) is 46.1 Å². The van der Waals surface area contributed by atoms with Gasteiger partial charge >= 0.3 is 21.3 Å². The molecular weight excluding hydrogens is 505 g/mol. The summed E-state index contributed by atoms with van der Waals surface area (Å²) in [6.07, 6.45) is -5.29. The molecule has 5 N–H and O–H groups in total. The molecule has 0 bridgehead atoms. The van der Waals surface area contributed by atoms with Crippen LogP contribution in [0.5, 0.6) is 0 Å². The van der Waals surface area contributed by atoms with Gasteiger partial charge in [0.2, 0.25) is 0 Å². The summed E-state index contributed by atoms with van der Waals surface area (Å²) in [4.78, 5) is 51.6. The van der Waals surface area contributed by atoms with Gasteiger partial charge in [0.05, 0.1) is 6.61 Å². The molecule has 188 valence electrons. The second-order valence-corrected chi connectivity index (χ2v) is 10.1. The Morgan fingerprint density at radius 1 is 1.03 bits per heavy atom. The van der Waals surface area contributed by atoms with Crippen LogP contribution in [-0.2, 0) is 35.7 Å². The largest absolute Gasteiger partial charge is 0.481 e. The first-order valence-corrected chi connectivity index (χ1v) is 12.6. The van der Waals surface area contributed by atoms with Gasteiger partial charge in [0.25, 0.3) is 5.56 Å². The van der Waals surface area contributed by atoms with Crippen molar-refractivity contribution in [2.45, 2.75) is 37.5 Å². The summed E-state index contributed by atoms with van der Waals surface area (Å²) in [5, 5.41) is 20.5. The summed E-state index contributed by atoms with van der Waals surface area (Å²) < 4.78 is 50.4. The number of hydrogen-bond donors (Lipinski definition) is 5. The average molecular weight is 526 g/mol. The van der Waals surface area contributed by atoms with Crippen LogP contribution in [0.2, 0.25) is 0 Å². The molecule has 1 fully saturated rings. The summed E-state index contributed by atoms with van der Waals surface area (Å²) >= 11 is 0. The van der Waals surface area contributed by atoms with E-state index in [-0.39, 0.29) is 13.0 Å². The lowest BCUT2D eigenvalue weighted by molar-refractivity contribution is -0.0548. The normalized spacial score (nSPS) is 24.8. The maximum Gasteiger partial charge on any atom is 0.481 e. The van der Waals surface area contributed by atoms with Gasteiger partial charge in [-0.2, -0.15) is 4.31 Å². The smallest absolute Gasteiger partial charge is 0.387 e. The molecule has 2 heterocycles. The van der Waals surface area contributed by atoms with E-state index < -0.39 is 63.9 Å². The zero-order chi connectivity index (χ0) is 25.3. The van der Waals surface area contributed by atoms with Crippen molar-refractivity contribution in [2.75, 3.05) is 6.61 Å². The average Bonchev–Trinajstić information content (AvgIpc) is 3.00. The van der Waals surface area contributed by atoms with Crippen molar-refractivity contribution in [3.05, 3.63) is 68.7 Å². The Kier molecular flexibility index (Phi) is 8.05. The van der Waals surface area contributed by atoms with Crippen molar-refractivity contribution in [2.24, 2.45) is 0 Å². The van der Waals surface area contributed by atoms with Crippen LogP contribution in [0.25, 0.3) is 0 Å². The highest BCUT2D eigenvalue weighted by Gasteiger charge is 2.45. The molecule has 2 aromatic rings. The van der Waals surface area contributed by atoms with Crippen LogP contribution in [0.4, 0.5) is 4.39 Å². The Morgan fingerprint density at radius 3 is 2.29 bits per heavy atom. The van der Waals surface area contributed by atoms with Crippen molar-refractivity contribution < 1.29 is 52.0 Å². The first-order valence-electron chi connectivity index (χ1n) is 9.60. The fraction of sp³-hybridized carbons (Fsp3) is 0.412. The lowest BCUT2D eigenvalue weighted by Crippen LogP contribution is -2.43. The molecule has 17 heteroatoms. The Bertz CT molecular complexity index is 1230. The minimum absolute atomic E-state index is 0.0878. The van der Waals surface area contributed by atoms with Crippen LogP contribution < -0.4 is 11.2 Å². The summed E-state index contributed by atoms with van der Waals surface area (Å²) in [7, 11) is -10.6. The maximum atomic E-state index is 13.0. The van der Waals surface area contributed by atoms with E-state index in [0.717, 1.165) is 21.4 Å². The van der Waals surface area contributed by atoms with Gasteiger partial charge in [-0.05, 0) is 24.1 Å². The second-order valence-electron chi connectivity index (χ2n) is 7.25. The Labute approximate surface area is 190 Å². The fourth-order valence-corrected chi connectivity index (χ4v) is 4.84. The molecule has 0 saturated carbocycles. The van der Waals surface area contributed by atoms with Crippen molar-refractivity contribution in [1.29, 1.82) is 0 Å². The SMILES string of the molecule is O=c1ccn([C@@H]2O[C@H](COP(=O)(O)OP(=O)(O)O)C(O)C2O)c(=O)n1CCc1ccc(F)cc1. The van der Waals surface area contributed by atoms with Gasteiger partial charge in [0, 0.05) is 18.8 Å². The first-order chi connectivity index (χ1) is 15.8. The van der Waals surface area contributed by atoms with E-state index in [1.54, 1.807) is 0 Å². The van der Waals surface area contributed by atoms with E-state index in [0.29, 0.717) is 5.56 Å². The molecule has 0 spiro atoms. The summed E-state index contributed by atoms with van der Waals surface area (Å²) in [6, 6.07) is 6.45. The number of phosphoric ester groups is 1. The first kappa shape index (κ1) is 26.6. The van der Waals surface area contributed by atoms with Crippen LogP contribution in [0, 0.1) is 5.82 Å². The Balaban J connectivity index is 1.75. The summed E-state index contributed by atoms with van der Waals surface area (Å²) in [5.74, 6) is -0.446. The third-order valence-electron chi connectivity index (χ3n) is 4.86. The van der Waals surface area contributed by atoms with E-state index in [1.165, 1.54) is 24.3 Å². The standard InChI is InChI=1S/C17H21FN2O12P2/c18-11-3-1-10(2-4-11)5-7-19-13(21)6-8-20(17(19)24)16-15(23)14(22)12(31-16)9-30-34(28,29)32-33(25,26)27/h1-4,6,8,12,14-16,22-23H,5,7,9H2,(H,28,29)(H2,25,26,27)/t12-,14?,15?,16-/m1/s1. The number of hydrogen-bond acceptors (Lipinski definition) is 9. The number of nitrogens with zero attached hydrogens (tertiary/aromatic N) is 2. The molecule has 34 heavy (non-hydrogen) atoms. The molecule has 0 aliphatic carbocycles. The fourth-order valence-electron chi connectivity index (χ4n) is 3.25. The third kappa shape index (κ3) is 6.55. The van der Waals surface area contributed by atoms with Gasteiger partial charge in [0.15, 0.2) is 6.23 Å². The van der Waals surface area contributed by atoms with Gasteiger partial charge in [-0.25, -0.2) is 18.3 Å². The highest BCUT2D eigenvalue weighted by atomic mass is 31.3. The van der Waals surface area contributed by atoms with Crippen LogP contribution in [0.1, 0.15) is 11.8 Å². The number of rotatable bonds is 9. The van der Waals surface area contributed by atoms with Crippen molar-refractivity contribution in [1.82, 2.24) is 9.13 Å². The number of aryl methyl sites for hydroxylation is 1. The number of halogens is 1. The minimum Gasteiger partial charge on any atom is -0.387 e. The van der Waals surface area contributed by atoms with Gasteiger partial charge in [0.1, 0.15) is 24.1 Å². The van der Waals surface area contributed by atoms with E-state index in [9.17, 15) is 38.2 Å². The molecule has 1 aliphatic rings. The van der Waals surface area contributed by atoms with Crippen LogP contribution in [0.3, 0.4) is 0 Å². The van der Waals surface area contributed by atoms with Crippen molar-refractivity contribution >= 4 is 15.6 Å². The zero-order valence-electron chi connectivity index (χ0n) is 17.2. The van der Waals surface area contributed by atoms with Crippen LogP contribution in [-0.4, -0.2) is 58.9 Å². The molecular formula is C17H21FN2O12P2. The molecule has 1 aromatic heterocycles. The molecule has 3 rings (SSSR count). The van der Waals surface area contributed by atoms with E-state index in [1.807, 2.05) is 0 Å². The molecule has 3 unspecified atom stereocenters. The quantitative estimate of drug-likeness (QED) is 0.256. The van der Waals surface area contributed by atoms with Gasteiger partial charge in [-0.3, -0.25) is 18.5 Å². The number of aliphatic hydroxyl groups excluding tert-OH is 2. The summed E-state index contributed by atoms with van der Waals surface area (Å²) in [6.45, 7) is -1.03. The molecule has 0 amide bonds. The van der Waals surface area contributed by atoms with Crippen molar-refractivity contribution in [3.8, 4) is 0 Å². The van der Waals surface area contributed by atoms with E-state index in [2.05, 4.69) is 8.83 Å². The molecule has 1 aromatic carbocycles. The predicted molar refractivity (Wildman–Crippen MR) is 110 cm³/mol. The Morgan fingerprint density at radius 2 is 1.68 bits per heavy atom. The molecule has 0 radical (unpaired) electrons. The molecule has 5 atom stereocenters. The zero-order valence-corrected chi connectivity index (χ0v) is 18.9. The number of aliphatic hydroxyl groups is 2. The minimum atomic E-state index is -5.37. The topological polar surface area (TPSA) is 207 Å². The van der Waals surface area contributed by atoms with Gasteiger partial charge in [-0.15, -0.1) is 0 Å². The molecule has 14 nitrogen and oxygen atoms in total. The predicted octanol–water partition coefficient (Wildman–Crippen LogP) is -0.763. The Hall–Kier alpha value is -2.03. The van der Waals surface area contributed by atoms with Gasteiger partial charge < -0.3 is 29.6 Å². The van der Waals surface area contributed by atoms with E-state index in [4.69, 9.17) is 14.5 Å². The number of benzene rings is 1. The highest BCUT2D eigenvalue weighted by molar-refractivity contribution is 7.60. The van der Waals surface area contributed by atoms with Crippen molar-refractivity contribution in [3.63, 3.8) is 0 Å². The third-order valence-corrected chi connectivity index (χ3v) is 7.01. The summed E-state index contributed by atoms with van der Waals surface area (Å²) in [5.41, 5.74) is -0.906. The number of aromatic nitrogens is 2. The lowest BCUT2D eigenvalue weighted by atomic mass is 10.1. The van der Waals surface area contributed by atoms with E-state index >= 15 is 0 Å². The molecule has 1 aliphatic heterocycles. The number of phosphoric acid groups is 2. The second kappa shape index (κ2) is 10.3. The van der Waals surface area contributed by atoms with Gasteiger partial charge in [-0.1, -0.05) is 12.1 Å². The maximum absolute atomic E-state index is 13.0. The monoisotopic (exact) mass is 526 g/mol. The lowest BCUT2D eigenvalue weighted by Gasteiger charge is -2.19.